The van der Waals surface area contributed by atoms with E-state index in [2.05, 4.69) is 0 Å². The zero-order chi connectivity index (χ0) is 12.8. The predicted molar refractivity (Wildman–Crippen MR) is 61.9 cm³/mol. The summed E-state index contributed by atoms with van der Waals surface area (Å²) in [4.78, 5) is 21.9. The number of esters is 1. The van der Waals surface area contributed by atoms with E-state index in [1.54, 1.807) is 6.92 Å². The molecule has 0 aliphatic carbocycles. The molecule has 0 aliphatic heterocycles. The maximum absolute atomic E-state index is 11.3. The van der Waals surface area contributed by atoms with Gasteiger partial charge in [0.2, 0.25) is 0 Å². The van der Waals surface area contributed by atoms with Crippen LogP contribution in [0, 0.1) is 11.3 Å². The van der Waals surface area contributed by atoms with Crippen molar-refractivity contribution in [2.24, 2.45) is 0 Å². The van der Waals surface area contributed by atoms with E-state index >= 15 is 0 Å². The first-order valence-electron chi connectivity index (χ1n) is 4.95. The fourth-order valence-electron chi connectivity index (χ4n) is 1.36. The quantitative estimate of drug-likeness (QED) is 0.607. The Morgan fingerprint density at radius 1 is 1.59 bits per heavy atom. The van der Waals surface area contributed by atoms with Crippen LogP contribution >= 0.6 is 11.6 Å². The molecule has 0 amide bonds. The van der Waals surface area contributed by atoms with Gasteiger partial charge in [0.15, 0.2) is 0 Å². The van der Waals surface area contributed by atoms with E-state index in [0.717, 1.165) is 0 Å². The van der Waals surface area contributed by atoms with Crippen LogP contribution < -0.4 is 0 Å². The van der Waals surface area contributed by atoms with Gasteiger partial charge in [0, 0.05) is 10.6 Å². The smallest absolute Gasteiger partial charge is 0.310 e. The van der Waals surface area contributed by atoms with Gasteiger partial charge in [-0.2, -0.15) is 5.26 Å². The van der Waals surface area contributed by atoms with Crippen molar-refractivity contribution in [3.63, 3.8) is 0 Å². The maximum Gasteiger partial charge on any atom is 0.310 e. The van der Waals surface area contributed by atoms with E-state index in [1.165, 1.54) is 12.1 Å². The molecule has 0 unspecified atom stereocenters. The number of benzene rings is 1. The van der Waals surface area contributed by atoms with Crippen molar-refractivity contribution in [2.45, 2.75) is 13.3 Å². The van der Waals surface area contributed by atoms with Crippen molar-refractivity contribution in [3.8, 4) is 6.07 Å². The minimum absolute atomic E-state index is 0.0747. The highest BCUT2D eigenvalue weighted by Crippen LogP contribution is 2.22. The molecule has 0 spiro atoms. The zero-order valence-corrected chi connectivity index (χ0v) is 9.95. The molecule has 0 saturated heterocycles. The number of carbonyl (C=O) groups excluding carboxylic acids is 2. The third-order valence-corrected chi connectivity index (χ3v) is 2.44. The van der Waals surface area contributed by atoms with Crippen LogP contribution in [0.15, 0.2) is 12.1 Å². The summed E-state index contributed by atoms with van der Waals surface area (Å²) in [5, 5.41) is 9.15. The highest BCUT2D eigenvalue weighted by atomic mass is 35.5. The van der Waals surface area contributed by atoms with Gasteiger partial charge in [0.25, 0.3) is 0 Å². The Bertz CT molecular complexity index is 491. The average molecular weight is 252 g/mol. The first-order valence-corrected chi connectivity index (χ1v) is 5.33. The van der Waals surface area contributed by atoms with Gasteiger partial charge in [-0.15, -0.1) is 0 Å². The van der Waals surface area contributed by atoms with Gasteiger partial charge in [0.1, 0.15) is 6.29 Å². The van der Waals surface area contributed by atoms with Crippen LogP contribution in [-0.4, -0.2) is 18.9 Å². The molecule has 0 fully saturated rings. The number of nitrogens with zero attached hydrogens (tertiary/aromatic N) is 1. The second-order valence-electron chi connectivity index (χ2n) is 3.24. The van der Waals surface area contributed by atoms with Crippen molar-refractivity contribution >= 4 is 23.9 Å². The Morgan fingerprint density at radius 2 is 2.29 bits per heavy atom. The van der Waals surface area contributed by atoms with Crippen LogP contribution in [0.3, 0.4) is 0 Å². The number of hydrogen-bond acceptors (Lipinski definition) is 4. The lowest BCUT2D eigenvalue weighted by atomic mass is 10.0. The van der Waals surface area contributed by atoms with Gasteiger partial charge in [-0.3, -0.25) is 9.59 Å². The van der Waals surface area contributed by atoms with E-state index in [0.29, 0.717) is 17.4 Å². The molecule has 0 bridgehead atoms. The van der Waals surface area contributed by atoms with Crippen molar-refractivity contribution in [1.82, 2.24) is 0 Å². The van der Waals surface area contributed by atoms with Gasteiger partial charge in [-0.25, -0.2) is 0 Å². The second-order valence-corrected chi connectivity index (χ2v) is 3.65. The Labute approximate surface area is 104 Å². The lowest BCUT2D eigenvalue weighted by Gasteiger charge is -2.07. The standard InChI is InChI=1S/C12H10ClNO3/c1-2-17-12(16)5-10-9(6-14)3-8(7-15)4-11(10)13/h3-4,7H,2,5H2,1H3. The molecular weight excluding hydrogens is 242 g/mol. The van der Waals surface area contributed by atoms with E-state index in [4.69, 9.17) is 21.6 Å². The fourth-order valence-corrected chi connectivity index (χ4v) is 1.66. The van der Waals surface area contributed by atoms with Crippen LogP contribution in [-0.2, 0) is 16.0 Å². The summed E-state index contributed by atoms with van der Waals surface area (Å²) in [6.45, 7) is 1.96. The molecule has 88 valence electrons. The molecule has 0 heterocycles. The topological polar surface area (TPSA) is 67.2 Å². The Kier molecular flexibility index (Phi) is 4.68. The van der Waals surface area contributed by atoms with Gasteiger partial charge in [0.05, 0.1) is 24.7 Å². The van der Waals surface area contributed by atoms with Gasteiger partial charge in [-0.05, 0) is 24.6 Å². The van der Waals surface area contributed by atoms with Crippen LogP contribution in [0.4, 0.5) is 0 Å². The first-order chi connectivity index (χ1) is 8.12. The highest BCUT2D eigenvalue weighted by Gasteiger charge is 2.14. The normalized spacial score (nSPS) is 9.47. The van der Waals surface area contributed by atoms with E-state index in [9.17, 15) is 9.59 Å². The molecule has 0 aromatic heterocycles. The summed E-state index contributed by atoms with van der Waals surface area (Å²) in [5.41, 5.74) is 0.907. The van der Waals surface area contributed by atoms with Gasteiger partial charge in [-0.1, -0.05) is 11.6 Å². The maximum atomic E-state index is 11.3. The van der Waals surface area contributed by atoms with Crippen LogP contribution in [0.5, 0.6) is 0 Å². The van der Waals surface area contributed by atoms with Gasteiger partial charge < -0.3 is 4.74 Å². The van der Waals surface area contributed by atoms with E-state index in [1.807, 2.05) is 6.07 Å². The van der Waals surface area contributed by atoms with E-state index in [-0.39, 0.29) is 23.6 Å². The molecular formula is C12H10ClNO3. The largest absolute Gasteiger partial charge is 0.466 e. The lowest BCUT2D eigenvalue weighted by molar-refractivity contribution is -0.142. The third-order valence-electron chi connectivity index (χ3n) is 2.10. The second kappa shape index (κ2) is 6.02. The summed E-state index contributed by atoms with van der Waals surface area (Å²) in [5.74, 6) is -0.454. The average Bonchev–Trinajstić information content (AvgIpc) is 2.31. The molecule has 1 rings (SSSR count). The number of nitriles is 1. The third kappa shape index (κ3) is 3.30. The van der Waals surface area contributed by atoms with Crippen molar-refractivity contribution < 1.29 is 14.3 Å². The molecule has 17 heavy (non-hydrogen) atoms. The monoisotopic (exact) mass is 251 g/mol. The van der Waals surface area contributed by atoms with E-state index < -0.39 is 5.97 Å². The molecule has 0 radical (unpaired) electrons. The summed E-state index contributed by atoms with van der Waals surface area (Å²) < 4.78 is 4.78. The summed E-state index contributed by atoms with van der Waals surface area (Å²) in [6, 6.07) is 4.72. The minimum Gasteiger partial charge on any atom is -0.466 e. The molecule has 0 atom stereocenters. The molecule has 0 saturated carbocycles. The van der Waals surface area contributed by atoms with Crippen LogP contribution in [0.25, 0.3) is 0 Å². The summed E-state index contributed by atoms with van der Waals surface area (Å²) >= 11 is 5.92. The number of hydrogen-bond donors (Lipinski definition) is 0. The predicted octanol–water partition coefficient (Wildman–Crippen LogP) is 2.13. The molecule has 0 N–H and O–H groups in total. The number of rotatable bonds is 4. The Hall–Kier alpha value is -1.86. The van der Waals surface area contributed by atoms with Crippen molar-refractivity contribution in [1.29, 1.82) is 5.26 Å². The molecule has 5 heteroatoms. The molecule has 4 nitrogen and oxygen atoms in total. The van der Waals surface area contributed by atoms with Crippen LogP contribution in [0.2, 0.25) is 5.02 Å². The lowest BCUT2D eigenvalue weighted by Crippen LogP contribution is -2.09. The number of aldehydes is 1. The highest BCUT2D eigenvalue weighted by molar-refractivity contribution is 6.32. The fraction of sp³-hybridized carbons (Fsp3) is 0.250. The number of halogens is 1. The first kappa shape index (κ1) is 13.2. The van der Waals surface area contributed by atoms with Gasteiger partial charge >= 0.3 is 5.97 Å². The molecule has 1 aromatic carbocycles. The Morgan fingerprint density at radius 3 is 2.82 bits per heavy atom. The SMILES string of the molecule is CCOC(=O)Cc1c(Cl)cc(C=O)cc1C#N. The Balaban J connectivity index is 3.11. The molecule has 0 aliphatic rings. The zero-order valence-electron chi connectivity index (χ0n) is 9.20. The van der Waals surface area contributed by atoms with Crippen molar-refractivity contribution in [2.75, 3.05) is 6.61 Å². The number of carbonyl (C=O) groups is 2. The molecule has 1 aromatic rings. The van der Waals surface area contributed by atoms with Crippen LogP contribution in [0.1, 0.15) is 28.4 Å². The summed E-state index contributed by atoms with van der Waals surface area (Å²) in [7, 11) is 0. The number of ether oxygens (including phenoxy) is 1. The van der Waals surface area contributed by atoms with Crippen molar-refractivity contribution in [3.05, 3.63) is 33.8 Å². The minimum atomic E-state index is -0.454. The summed E-state index contributed by atoms with van der Waals surface area (Å²) in [6.07, 6.45) is 0.523.